The Labute approximate surface area is 146 Å². The van der Waals surface area contributed by atoms with Crippen LogP contribution in [0.3, 0.4) is 0 Å². The highest BCUT2D eigenvalue weighted by atomic mass is 79.9. The van der Waals surface area contributed by atoms with E-state index < -0.39 is 0 Å². The highest BCUT2D eigenvalue weighted by Crippen LogP contribution is 2.33. The maximum absolute atomic E-state index is 12.1. The Morgan fingerprint density at radius 3 is 3.04 bits per heavy atom. The SMILES string of the molecule is Cn1ncc(N2CCc3[nH]c4ccc(Cl)cc4c3C2)c(Br)c1=O. The highest BCUT2D eigenvalue weighted by molar-refractivity contribution is 9.10. The van der Waals surface area contributed by atoms with E-state index in [0.29, 0.717) is 4.47 Å². The summed E-state index contributed by atoms with van der Waals surface area (Å²) in [6, 6.07) is 5.90. The predicted octanol–water partition coefficient (Wildman–Crippen LogP) is 3.24. The van der Waals surface area contributed by atoms with Gasteiger partial charge in [0.25, 0.3) is 5.56 Å². The number of hydrogen-bond donors (Lipinski definition) is 1. The molecule has 0 saturated carbocycles. The number of H-pyrrole nitrogens is 1. The van der Waals surface area contributed by atoms with E-state index >= 15 is 0 Å². The average molecular weight is 394 g/mol. The topological polar surface area (TPSA) is 53.9 Å². The lowest BCUT2D eigenvalue weighted by atomic mass is 10.0. The van der Waals surface area contributed by atoms with Crippen molar-refractivity contribution in [1.82, 2.24) is 14.8 Å². The van der Waals surface area contributed by atoms with Gasteiger partial charge in [-0.15, -0.1) is 0 Å². The van der Waals surface area contributed by atoms with Gasteiger partial charge in [-0.1, -0.05) is 11.6 Å². The Kier molecular flexibility index (Phi) is 3.46. The summed E-state index contributed by atoms with van der Waals surface area (Å²) < 4.78 is 1.88. The molecule has 5 nitrogen and oxygen atoms in total. The zero-order chi connectivity index (χ0) is 16.1. The number of aryl methyl sites for hydroxylation is 1. The van der Waals surface area contributed by atoms with Gasteiger partial charge in [0, 0.05) is 53.7 Å². The summed E-state index contributed by atoms with van der Waals surface area (Å²) in [5, 5.41) is 6.01. The second-order valence-corrected chi connectivity index (χ2v) is 6.95. The van der Waals surface area contributed by atoms with Crippen LogP contribution in [0, 0.1) is 0 Å². The molecule has 1 aromatic carbocycles. The van der Waals surface area contributed by atoms with Gasteiger partial charge in [0.1, 0.15) is 4.47 Å². The molecule has 23 heavy (non-hydrogen) atoms. The highest BCUT2D eigenvalue weighted by Gasteiger charge is 2.23. The van der Waals surface area contributed by atoms with E-state index in [9.17, 15) is 4.79 Å². The largest absolute Gasteiger partial charge is 0.364 e. The molecule has 3 aromatic rings. The average Bonchev–Trinajstić information content (AvgIpc) is 2.90. The number of hydrogen-bond acceptors (Lipinski definition) is 3. The van der Waals surface area contributed by atoms with Crippen LogP contribution < -0.4 is 10.5 Å². The van der Waals surface area contributed by atoms with E-state index in [1.807, 2.05) is 18.2 Å². The van der Waals surface area contributed by atoms with E-state index in [4.69, 9.17) is 11.6 Å². The summed E-state index contributed by atoms with van der Waals surface area (Å²) in [5.74, 6) is 0. The quantitative estimate of drug-likeness (QED) is 0.690. The molecular formula is C16H14BrClN4O. The predicted molar refractivity (Wildman–Crippen MR) is 95.2 cm³/mol. The van der Waals surface area contributed by atoms with Gasteiger partial charge in [0.15, 0.2) is 0 Å². The van der Waals surface area contributed by atoms with Crippen LogP contribution in [0.1, 0.15) is 11.3 Å². The number of nitrogens with one attached hydrogen (secondary N) is 1. The van der Waals surface area contributed by atoms with Crippen molar-refractivity contribution in [1.29, 1.82) is 0 Å². The minimum absolute atomic E-state index is 0.129. The van der Waals surface area contributed by atoms with E-state index in [0.717, 1.165) is 41.1 Å². The molecule has 0 aliphatic carbocycles. The summed E-state index contributed by atoms with van der Waals surface area (Å²) in [6.45, 7) is 1.56. The first-order chi connectivity index (χ1) is 11.0. The second kappa shape index (κ2) is 5.39. The molecule has 0 spiro atoms. The van der Waals surface area contributed by atoms with Gasteiger partial charge in [-0.25, -0.2) is 4.68 Å². The minimum Gasteiger partial charge on any atom is -0.364 e. The lowest BCUT2D eigenvalue weighted by molar-refractivity contribution is 0.679. The van der Waals surface area contributed by atoms with Crippen molar-refractivity contribution < 1.29 is 0 Å². The summed E-state index contributed by atoms with van der Waals surface area (Å²) in [5.41, 5.74) is 4.28. The standard InChI is InChI=1S/C16H14BrClN4O/c1-21-16(23)15(17)14(7-19-21)22-5-4-13-11(8-22)10-6-9(18)2-3-12(10)20-13/h2-3,6-7,20H,4-5,8H2,1H3. The van der Waals surface area contributed by atoms with Crippen molar-refractivity contribution >= 4 is 44.1 Å². The Morgan fingerprint density at radius 1 is 1.39 bits per heavy atom. The molecule has 0 bridgehead atoms. The maximum Gasteiger partial charge on any atom is 0.282 e. The van der Waals surface area contributed by atoms with Crippen LogP contribution in [-0.4, -0.2) is 21.3 Å². The van der Waals surface area contributed by atoms with Crippen LogP contribution in [0.15, 0.2) is 33.7 Å². The number of anilines is 1. The molecule has 0 atom stereocenters. The number of rotatable bonds is 1. The molecule has 0 radical (unpaired) electrons. The zero-order valence-corrected chi connectivity index (χ0v) is 14.8. The first-order valence-electron chi connectivity index (χ1n) is 7.30. The molecule has 0 fully saturated rings. The van der Waals surface area contributed by atoms with Crippen LogP contribution in [0.25, 0.3) is 10.9 Å². The molecule has 1 aliphatic rings. The Balaban J connectivity index is 1.79. The number of fused-ring (bicyclic) bond motifs is 3. The van der Waals surface area contributed by atoms with Gasteiger partial charge in [-0.3, -0.25) is 4.79 Å². The van der Waals surface area contributed by atoms with Crippen molar-refractivity contribution in [2.75, 3.05) is 11.4 Å². The summed E-state index contributed by atoms with van der Waals surface area (Å²) >= 11 is 9.56. The Bertz CT molecular complexity index is 978. The third-order valence-corrected chi connectivity index (χ3v) is 5.32. The number of benzene rings is 1. The Morgan fingerprint density at radius 2 is 2.22 bits per heavy atom. The third-order valence-electron chi connectivity index (χ3n) is 4.34. The fraction of sp³-hybridized carbons (Fsp3) is 0.250. The van der Waals surface area contributed by atoms with Crippen LogP contribution in [0.5, 0.6) is 0 Å². The van der Waals surface area contributed by atoms with Crippen molar-refractivity contribution in [2.45, 2.75) is 13.0 Å². The van der Waals surface area contributed by atoms with Gasteiger partial charge in [-0.2, -0.15) is 5.10 Å². The first-order valence-corrected chi connectivity index (χ1v) is 8.47. The molecule has 118 valence electrons. The van der Waals surface area contributed by atoms with Crippen LogP contribution in [0.4, 0.5) is 5.69 Å². The van der Waals surface area contributed by atoms with Gasteiger partial charge in [0.05, 0.1) is 11.9 Å². The van der Waals surface area contributed by atoms with Crippen LogP contribution >= 0.6 is 27.5 Å². The normalized spacial score (nSPS) is 14.3. The van der Waals surface area contributed by atoms with Gasteiger partial charge in [-0.05, 0) is 34.1 Å². The lowest BCUT2D eigenvalue weighted by Crippen LogP contribution is -2.33. The summed E-state index contributed by atoms with van der Waals surface area (Å²) in [7, 11) is 1.65. The molecular weight excluding hydrogens is 380 g/mol. The van der Waals surface area contributed by atoms with E-state index in [-0.39, 0.29) is 5.56 Å². The smallest absolute Gasteiger partial charge is 0.282 e. The molecule has 1 N–H and O–H groups in total. The number of aromatic nitrogens is 3. The van der Waals surface area contributed by atoms with Gasteiger partial charge >= 0.3 is 0 Å². The van der Waals surface area contributed by atoms with Gasteiger partial charge in [0.2, 0.25) is 0 Å². The van der Waals surface area contributed by atoms with Crippen molar-refractivity contribution in [2.24, 2.45) is 7.05 Å². The monoisotopic (exact) mass is 392 g/mol. The van der Waals surface area contributed by atoms with Gasteiger partial charge < -0.3 is 9.88 Å². The fourth-order valence-electron chi connectivity index (χ4n) is 3.11. The zero-order valence-electron chi connectivity index (χ0n) is 12.4. The second-order valence-electron chi connectivity index (χ2n) is 5.72. The van der Waals surface area contributed by atoms with Crippen molar-refractivity contribution in [3.63, 3.8) is 0 Å². The summed E-state index contributed by atoms with van der Waals surface area (Å²) in [6.07, 6.45) is 2.63. The molecule has 7 heteroatoms. The number of halogens is 2. The lowest BCUT2D eigenvalue weighted by Gasteiger charge is -2.29. The van der Waals surface area contributed by atoms with Crippen LogP contribution in [0.2, 0.25) is 5.02 Å². The third kappa shape index (κ3) is 2.37. The molecule has 0 unspecified atom stereocenters. The van der Waals surface area contributed by atoms with Crippen LogP contribution in [-0.2, 0) is 20.0 Å². The van der Waals surface area contributed by atoms with E-state index in [1.54, 1.807) is 13.2 Å². The van der Waals surface area contributed by atoms with Crippen molar-refractivity contribution in [3.8, 4) is 0 Å². The van der Waals surface area contributed by atoms with Crippen molar-refractivity contribution in [3.05, 3.63) is 55.5 Å². The molecule has 1 aliphatic heterocycles. The molecule has 4 rings (SSSR count). The van der Waals surface area contributed by atoms with E-state index in [2.05, 4.69) is 30.9 Å². The minimum atomic E-state index is -0.129. The maximum atomic E-state index is 12.1. The first kappa shape index (κ1) is 14.8. The molecule has 2 aromatic heterocycles. The number of nitrogens with zero attached hydrogens (tertiary/aromatic N) is 3. The molecule has 0 amide bonds. The van der Waals surface area contributed by atoms with E-state index in [1.165, 1.54) is 15.9 Å². The number of aromatic amines is 1. The Hall–Kier alpha value is -1.79. The molecule has 0 saturated heterocycles. The fourth-order valence-corrected chi connectivity index (χ4v) is 3.90. The summed E-state index contributed by atoms with van der Waals surface area (Å²) in [4.78, 5) is 17.7. The molecule has 3 heterocycles.